The molecule has 5 heteroatoms. The van der Waals surface area contributed by atoms with Crippen molar-refractivity contribution in [1.29, 1.82) is 0 Å². The van der Waals surface area contributed by atoms with Crippen LogP contribution in [-0.2, 0) is 6.54 Å². The summed E-state index contributed by atoms with van der Waals surface area (Å²) in [5.74, 6) is 3.13. The van der Waals surface area contributed by atoms with E-state index in [2.05, 4.69) is 15.3 Å². The van der Waals surface area contributed by atoms with E-state index in [1.54, 1.807) is 0 Å². The summed E-state index contributed by atoms with van der Waals surface area (Å²) in [6, 6.07) is 18.0. The van der Waals surface area contributed by atoms with Crippen molar-refractivity contribution in [3.05, 3.63) is 66.0 Å². The Kier molecular flexibility index (Phi) is 3.75. The molecule has 0 atom stereocenters. The van der Waals surface area contributed by atoms with Gasteiger partial charge in [0, 0.05) is 18.2 Å². The number of benzene rings is 2. The van der Waals surface area contributed by atoms with E-state index in [0.717, 1.165) is 40.0 Å². The van der Waals surface area contributed by atoms with E-state index in [1.165, 1.54) is 0 Å². The second kappa shape index (κ2) is 6.20. The Labute approximate surface area is 140 Å². The van der Waals surface area contributed by atoms with Crippen molar-refractivity contribution in [2.45, 2.75) is 13.5 Å². The van der Waals surface area contributed by atoms with Crippen molar-refractivity contribution in [3.8, 4) is 22.8 Å². The highest BCUT2D eigenvalue weighted by atomic mass is 16.7. The standard InChI is InChI=1S/C19H17N3O2/c1-13-21-16(15-5-3-2-4-6-15)10-19(22-13)20-11-14-7-8-17-18(9-14)24-12-23-17/h2-10H,11-12H2,1H3,(H,20,21,22). The van der Waals surface area contributed by atoms with E-state index in [4.69, 9.17) is 9.47 Å². The predicted octanol–water partition coefficient (Wildman–Crippen LogP) is 3.79. The minimum absolute atomic E-state index is 0.289. The molecule has 0 radical (unpaired) electrons. The lowest BCUT2D eigenvalue weighted by Gasteiger charge is -2.09. The van der Waals surface area contributed by atoms with E-state index in [0.29, 0.717) is 6.54 Å². The highest BCUT2D eigenvalue weighted by molar-refractivity contribution is 5.62. The third kappa shape index (κ3) is 3.01. The van der Waals surface area contributed by atoms with Crippen LogP contribution in [0.25, 0.3) is 11.3 Å². The zero-order valence-electron chi connectivity index (χ0n) is 13.3. The van der Waals surface area contributed by atoms with E-state index in [-0.39, 0.29) is 6.79 Å². The number of aromatic nitrogens is 2. The van der Waals surface area contributed by atoms with Crippen LogP contribution in [0.1, 0.15) is 11.4 Å². The van der Waals surface area contributed by atoms with Gasteiger partial charge in [-0.1, -0.05) is 36.4 Å². The van der Waals surface area contributed by atoms with Crippen LogP contribution in [0.3, 0.4) is 0 Å². The number of fused-ring (bicyclic) bond motifs is 1. The van der Waals surface area contributed by atoms with Crippen molar-refractivity contribution < 1.29 is 9.47 Å². The highest BCUT2D eigenvalue weighted by Gasteiger charge is 2.13. The molecule has 0 unspecified atom stereocenters. The van der Waals surface area contributed by atoms with Crippen LogP contribution in [0.5, 0.6) is 11.5 Å². The van der Waals surface area contributed by atoms with Crippen LogP contribution < -0.4 is 14.8 Å². The first kappa shape index (κ1) is 14.5. The molecule has 0 aliphatic carbocycles. The molecule has 1 aliphatic heterocycles. The molecule has 1 N–H and O–H groups in total. The summed E-state index contributed by atoms with van der Waals surface area (Å²) < 4.78 is 10.7. The van der Waals surface area contributed by atoms with E-state index in [9.17, 15) is 0 Å². The largest absolute Gasteiger partial charge is 0.454 e. The summed E-state index contributed by atoms with van der Waals surface area (Å²) >= 11 is 0. The molecule has 2 aromatic carbocycles. The first-order valence-corrected chi connectivity index (χ1v) is 7.81. The molecule has 3 aromatic rings. The van der Waals surface area contributed by atoms with Crippen LogP contribution in [-0.4, -0.2) is 16.8 Å². The van der Waals surface area contributed by atoms with Gasteiger partial charge in [-0.25, -0.2) is 9.97 Å². The van der Waals surface area contributed by atoms with Crippen molar-refractivity contribution >= 4 is 5.82 Å². The number of aryl methyl sites for hydroxylation is 1. The zero-order valence-corrected chi connectivity index (χ0v) is 13.3. The van der Waals surface area contributed by atoms with Gasteiger partial charge in [-0.05, 0) is 24.6 Å². The zero-order chi connectivity index (χ0) is 16.4. The molecule has 0 spiro atoms. The maximum Gasteiger partial charge on any atom is 0.231 e. The third-order valence-electron chi connectivity index (χ3n) is 3.82. The highest BCUT2D eigenvalue weighted by Crippen LogP contribution is 2.32. The quantitative estimate of drug-likeness (QED) is 0.793. The maximum atomic E-state index is 5.41. The van der Waals surface area contributed by atoms with Crippen molar-refractivity contribution in [2.75, 3.05) is 12.1 Å². The molecule has 120 valence electrons. The Morgan fingerprint density at radius 1 is 0.958 bits per heavy atom. The summed E-state index contributed by atoms with van der Waals surface area (Å²) in [5, 5.41) is 3.36. The van der Waals surface area contributed by atoms with Gasteiger partial charge in [-0.3, -0.25) is 0 Å². The Morgan fingerprint density at radius 2 is 1.79 bits per heavy atom. The van der Waals surface area contributed by atoms with Crippen LogP contribution in [0.2, 0.25) is 0 Å². The van der Waals surface area contributed by atoms with E-state index in [1.807, 2.05) is 61.5 Å². The van der Waals surface area contributed by atoms with E-state index < -0.39 is 0 Å². The minimum atomic E-state index is 0.289. The van der Waals surface area contributed by atoms with Gasteiger partial charge in [0.2, 0.25) is 6.79 Å². The minimum Gasteiger partial charge on any atom is -0.454 e. The van der Waals surface area contributed by atoms with E-state index >= 15 is 0 Å². The lowest BCUT2D eigenvalue weighted by atomic mass is 10.1. The molecule has 24 heavy (non-hydrogen) atoms. The average molecular weight is 319 g/mol. The van der Waals surface area contributed by atoms with Gasteiger partial charge in [0.25, 0.3) is 0 Å². The molecule has 0 saturated carbocycles. The molecule has 0 amide bonds. The molecular formula is C19H17N3O2. The Hall–Kier alpha value is -3.08. The van der Waals surface area contributed by atoms with Crippen LogP contribution in [0.4, 0.5) is 5.82 Å². The summed E-state index contributed by atoms with van der Waals surface area (Å²) in [6.07, 6.45) is 0. The Morgan fingerprint density at radius 3 is 2.67 bits per heavy atom. The molecule has 1 aliphatic rings. The first-order chi connectivity index (χ1) is 11.8. The SMILES string of the molecule is Cc1nc(NCc2ccc3c(c2)OCO3)cc(-c2ccccc2)n1. The first-order valence-electron chi connectivity index (χ1n) is 7.81. The number of rotatable bonds is 4. The monoisotopic (exact) mass is 319 g/mol. The number of nitrogens with zero attached hydrogens (tertiary/aromatic N) is 2. The van der Waals surface area contributed by atoms with Gasteiger partial charge in [0.1, 0.15) is 11.6 Å². The Bertz CT molecular complexity index is 866. The summed E-state index contributed by atoms with van der Waals surface area (Å²) in [7, 11) is 0. The molecule has 0 fully saturated rings. The van der Waals surface area contributed by atoms with Gasteiger partial charge in [-0.2, -0.15) is 0 Å². The lowest BCUT2D eigenvalue weighted by molar-refractivity contribution is 0.174. The molecule has 5 nitrogen and oxygen atoms in total. The number of hydrogen-bond acceptors (Lipinski definition) is 5. The second-order valence-corrected chi connectivity index (χ2v) is 5.59. The van der Waals surface area contributed by atoms with Crippen molar-refractivity contribution in [1.82, 2.24) is 9.97 Å². The predicted molar refractivity (Wildman–Crippen MR) is 92.1 cm³/mol. The number of hydrogen-bond donors (Lipinski definition) is 1. The van der Waals surface area contributed by atoms with Gasteiger partial charge >= 0.3 is 0 Å². The topological polar surface area (TPSA) is 56.3 Å². The average Bonchev–Trinajstić information content (AvgIpc) is 3.08. The number of nitrogens with one attached hydrogen (secondary N) is 1. The van der Waals surface area contributed by atoms with Gasteiger partial charge in [0.15, 0.2) is 11.5 Å². The lowest BCUT2D eigenvalue weighted by Crippen LogP contribution is -2.04. The fourth-order valence-electron chi connectivity index (χ4n) is 2.66. The summed E-state index contributed by atoms with van der Waals surface area (Å²) in [5.41, 5.74) is 3.10. The molecule has 2 heterocycles. The molecular weight excluding hydrogens is 302 g/mol. The summed E-state index contributed by atoms with van der Waals surface area (Å²) in [4.78, 5) is 8.99. The van der Waals surface area contributed by atoms with Crippen molar-refractivity contribution in [3.63, 3.8) is 0 Å². The Balaban J connectivity index is 1.53. The van der Waals surface area contributed by atoms with Crippen LogP contribution >= 0.6 is 0 Å². The molecule has 1 aromatic heterocycles. The molecule has 0 saturated heterocycles. The van der Waals surface area contributed by atoms with Crippen LogP contribution in [0.15, 0.2) is 54.6 Å². The van der Waals surface area contributed by atoms with Crippen molar-refractivity contribution in [2.24, 2.45) is 0 Å². The molecule has 4 rings (SSSR count). The second-order valence-electron chi connectivity index (χ2n) is 5.59. The van der Waals surface area contributed by atoms with Gasteiger partial charge in [-0.15, -0.1) is 0 Å². The molecule has 0 bridgehead atoms. The number of ether oxygens (including phenoxy) is 2. The fourth-order valence-corrected chi connectivity index (χ4v) is 2.66. The van der Waals surface area contributed by atoms with Crippen LogP contribution in [0, 0.1) is 6.92 Å². The van der Waals surface area contributed by atoms with Gasteiger partial charge < -0.3 is 14.8 Å². The normalized spacial score (nSPS) is 12.2. The fraction of sp³-hybridized carbons (Fsp3) is 0.158. The third-order valence-corrected chi connectivity index (χ3v) is 3.82. The number of anilines is 1. The summed E-state index contributed by atoms with van der Waals surface area (Å²) in [6.45, 7) is 2.84. The van der Waals surface area contributed by atoms with Gasteiger partial charge in [0.05, 0.1) is 5.69 Å². The smallest absolute Gasteiger partial charge is 0.231 e. The maximum absolute atomic E-state index is 5.41.